The Morgan fingerprint density at radius 3 is 2.35 bits per heavy atom. The van der Waals surface area contributed by atoms with Gasteiger partial charge in [0.25, 0.3) is 0 Å². The molecule has 7 heteroatoms. The van der Waals surface area contributed by atoms with E-state index in [1.54, 1.807) is 17.4 Å². The summed E-state index contributed by atoms with van der Waals surface area (Å²) in [6.07, 6.45) is 2.76. The van der Waals surface area contributed by atoms with Gasteiger partial charge in [0, 0.05) is 31.8 Å². The van der Waals surface area contributed by atoms with Crippen LogP contribution in [0.25, 0.3) is 27.8 Å². The average Bonchev–Trinajstić information content (AvgIpc) is 3.33. The minimum Gasteiger partial charge on any atom is -0.296 e. The van der Waals surface area contributed by atoms with E-state index in [0.717, 1.165) is 44.4 Å². The quantitative estimate of drug-likeness (QED) is 0.262. The SMILES string of the molecule is CCc1c(-c2ncc(C(C)(C)C)s2)nc(-c2ccc(Cl)cc2Cl)n1-c1ccc(Br)cc1. The van der Waals surface area contributed by atoms with Crippen LogP contribution in [-0.4, -0.2) is 14.5 Å². The Labute approximate surface area is 205 Å². The summed E-state index contributed by atoms with van der Waals surface area (Å²) >= 11 is 18.0. The summed E-state index contributed by atoms with van der Waals surface area (Å²) in [5.74, 6) is 0.781. The van der Waals surface area contributed by atoms with Crippen LogP contribution >= 0.6 is 50.5 Å². The van der Waals surface area contributed by atoms with E-state index < -0.39 is 0 Å². The van der Waals surface area contributed by atoms with Crippen molar-refractivity contribution >= 4 is 50.5 Å². The molecule has 4 rings (SSSR count). The Kier molecular flexibility index (Phi) is 6.32. The van der Waals surface area contributed by atoms with Crippen LogP contribution in [0, 0.1) is 0 Å². The zero-order valence-corrected chi connectivity index (χ0v) is 21.6. The summed E-state index contributed by atoms with van der Waals surface area (Å²) in [7, 11) is 0. The molecule has 160 valence electrons. The molecular weight excluding hydrogens is 513 g/mol. The smallest absolute Gasteiger partial charge is 0.147 e. The minimum atomic E-state index is 0.0406. The minimum absolute atomic E-state index is 0.0406. The first-order chi connectivity index (χ1) is 14.7. The average molecular weight is 535 g/mol. The van der Waals surface area contributed by atoms with Gasteiger partial charge in [0.1, 0.15) is 16.5 Å². The highest BCUT2D eigenvalue weighted by molar-refractivity contribution is 9.10. The highest BCUT2D eigenvalue weighted by atomic mass is 79.9. The monoisotopic (exact) mass is 533 g/mol. The molecule has 4 aromatic rings. The number of nitrogens with zero attached hydrogens (tertiary/aromatic N) is 3. The van der Waals surface area contributed by atoms with E-state index >= 15 is 0 Å². The first-order valence-corrected chi connectivity index (χ1v) is 12.3. The maximum absolute atomic E-state index is 6.61. The van der Waals surface area contributed by atoms with Crippen molar-refractivity contribution in [1.82, 2.24) is 14.5 Å². The molecule has 0 N–H and O–H groups in total. The second-order valence-electron chi connectivity index (χ2n) is 8.30. The van der Waals surface area contributed by atoms with Crippen LogP contribution in [0.5, 0.6) is 0 Å². The van der Waals surface area contributed by atoms with Crippen molar-refractivity contribution in [3.63, 3.8) is 0 Å². The predicted octanol–water partition coefficient (Wildman–Crippen LogP) is 8.59. The predicted molar refractivity (Wildman–Crippen MR) is 136 cm³/mol. The molecule has 2 heterocycles. The molecule has 0 amide bonds. The molecule has 0 fully saturated rings. The zero-order valence-electron chi connectivity index (χ0n) is 17.7. The molecule has 0 radical (unpaired) electrons. The Morgan fingerprint density at radius 2 is 1.77 bits per heavy atom. The number of aromatic nitrogens is 3. The first-order valence-electron chi connectivity index (χ1n) is 9.98. The van der Waals surface area contributed by atoms with Gasteiger partial charge in [-0.2, -0.15) is 0 Å². The summed E-state index contributed by atoms with van der Waals surface area (Å²) < 4.78 is 3.20. The molecule has 2 aromatic carbocycles. The van der Waals surface area contributed by atoms with Gasteiger partial charge in [0.05, 0.1) is 10.7 Å². The van der Waals surface area contributed by atoms with Gasteiger partial charge in [-0.15, -0.1) is 11.3 Å². The summed E-state index contributed by atoms with van der Waals surface area (Å²) in [6, 6.07) is 13.7. The number of imidazole rings is 1. The van der Waals surface area contributed by atoms with E-state index in [1.165, 1.54) is 4.88 Å². The fraction of sp³-hybridized carbons (Fsp3) is 0.250. The lowest BCUT2D eigenvalue weighted by Crippen LogP contribution is -2.07. The van der Waals surface area contributed by atoms with Gasteiger partial charge in [-0.3, -0.25) is 4.57 Å². The largest absolute Gasteiger partial charge is 0.296 e. The van der Waals surface area contributed by atoms with E-state index in [4.69, 9.17) is 33.2 Å². The van der Waals surface area contributed by atoms with Crippen molar-refractivity contribution in [2.24, 2.45) is 0 Å². The van der Waals surface area contributed by atoms with Crippen molar-refractivity contribution in [1.29, 1.82) is 0 Å². The molecule has 3 nitrogen and oxygen atoms in total. The second-order valence-corrected chi connectivity index (χ2v) is 11.1. The molecule has 0 spiro atoms. The van der Waals surface area contributed by atoms with Crippen molar-refractivity contribution in [3.8, 4) is 27.8 Å². The Morgan fingerprint density at radius 1 is 1.06 bits per heavy atom. The van der Waals surface area contributed by atoms with Gasteiger partial charge in [-0.1, -0.05) is 66.8 Å². The van der Waals surface area contributed by atoms with Crippen LogP contribution in [0.1, 0.15) is 38.3 Å². The Hall–Kier alpha value is -1.66. The number of rotatable bonds is 4. The van der Waals surface area contributed by atoms with E-state index in [-0.39, 0.29) is 5.41 Å². The van der Waals surface area contributed by atoms with E-state index in [2.05, 4.69) is 60.3 Å². The van der Waals surface area contributed by atoms with Crippen molar-refractivity contribution in [2.75, 3.05) is 0 Å². The van der Waals surface area contributed by atoms with Gasteiger partial charge in [-0.05, 0) is 54.3 Å². The van der Waals surface area contributed by atoms with E-state index in [1.807, 2.05) is 30.5 Å². The molecule has 0 aliphatic carbocycles. The number of benzene rings is 2. The third kappa shape index (κ3) is 4.47. The first kappa shape index (κ1) is 22.5. The fourth-order valence-corrected chi connectivity index (χ4v) is 5.14. The number of halogens is 3. The summed E-state index contributed by atoms with van der Waals surface area (Å²) in [5.41, 5.74) is 3.89. The molecule has 0 atom stereocenters. The van der Waals surface area contributed by atoms with Gasteiger partial charge in [0.2, 0.25) is 0 Å². The Bertz CT molecular complexity index is 1240. The molecule has 0 saturated heterocycles. The Balaban J connectivity index is 1.99. The second kappa shape index (κ2) is 8.70. The van der Waals surface area contributed by atoms with Crippen LogP contribution in [0.2, 0.25) is 10.0 Å². The zero-order chi connectivity index (χ0) is 22.3. The normalized spacial score (nSPS) is 11.8. The van der Waals surface area contributed by atoms with Gasteiger partial charge < -0.3 is 0 Å². The van der Waals surface area contributed by atoms with Crippen LogP contribution < -0.4 is 0 Å². The topological polar surface area (TPSA) is 30.7 Å². The van der Waals surface area contributed by atoms with E-state index in [0.29, 0.717) is 10.0 Å². The van der Waals surface area contributed by atoms with Crippen LogP contribution in [-0.2, 0) is 11.8 Å². The maximum Gasteiger partial charge on any atom is 0.147 e. The standard InChI is InChI=1S/C24H22BrCl2N3S/c1-5-19-21(23-28-13-20(31-23)24(2,3)4)29-22(17-11-8-15(26)12-18(17)27)30(19)16-9-6-14(25)7-10-16/h6-13H,5H2,1-4H3. The van der Waals surface area contributed by atoms with Gasteiger partial charge >= 0.3 is 0 Å². The molecule has 31 heavy (non-hydrogen) atoms. The highest BCUT2D eigenvalue weighted by Crippen LogP contribution is 2.39. The molecule has 0 bridgehead atoms. The lowest BCUT2D eigenvalue weighted by atomic mass is 9.96. The van der Waals surface area contributed by atoms with Gasteiger partial charge in [-0.25, -0.2) is 9.97 Å². The summed E-state index contributed by atoms with van der Waals surface area (Å²) in [6.45, 7) is 8.74. The van der Waals surface area contributed by atoms with Crippen molar-refractivity contribution in [2.45, 2.75) is 39.5 Å². The van der Waals surface area contributed by atoms with Crippen LogP contribution in [0.15, 0.2) is 53.1 Å². The fourth-order valence-electron chi connectivity index (χ4n) is 3.40. The third-order valence-electron chi connectivity index (χ3n) is 5.01. The van der Waals surface area contributed by atoms with Crippen LogP contribution in [0.3, 0.4) is 0 Å². The molecule has 0 saturated carbocycles. The lowest BCUT2D eigenvalue weighted by molar-refractivity contribution is 0.602. The maximum atomic E-state index is 6.61. The van der Waals surface area contributed by atoms with Gasteiger partial charge in [0.15, 0.2) is 0 Å². The molecular formula is C24H22BrCl2N3S. The lowest BCUT2D eigenvalue weighted by Gasteiger charge is -2.14. The van der Waals surface area contributed by atoms with E-state index in [9.17, 15) is 0 Å². The van der Waals surface area contributed by atoms with Crippen molar-refractivity contribution in [3.05, 3.63) is 73.8 Å². The molecule has 2 aromatic heterocycles. The van der Waals surface area contributed by atoms with Crippen LogP contribution in [0.4, 0.5) is 0 Å². The third-order valence-corrected chi connectivity index (χ3v) is 7.52. The molecule has 0 unspecified atom stereocenters. The molecule has 0 aliphatic rings. The summed E-state index contributed by atoms with van der Waals surface area (Å²) in [4.78, 5) is 11.0. The number of thiazole rings is 1. The highest BCUT2D eigenvalue weighted by Gasteiger charge is 2.25. The van der Waals surface area contributed by atoms with Crippen molar-refractivity contribution < 1.29 is 0 Å². The number of hydrogen-bond acceptors (Lipinski definition) is 3. The summed E-state index contributed by atoms with van der Waals surface area (Å²) in [5, 5.41) is 2.09. The number of hydrogen-bond donors (Lipinski definition) is 0. The molecule has 0 aliphatic heterocycles.